The summed E-state index contributed by atoms with van der Waals surface area (Å²) in [6.45, 7) is 7.01. The maximum absolute atomic E-state index is 5.42. The molecule has 46 valence electrons. The highest BCUT2D eigenvalue weighted by atomic mass is 35.5. The molecule has 0 aliphatic carbocycles. The summed E-state index contributed by atoms with van der Waals surface area (Å²) in [6.07, 6.45) is 0.540. The highest BCUT2D eigenvalue weighted by Crippen LogP contribution is 2.09. The normalized spacial score (nSPS) is 8.25. The van der Waals surface area contributed by atoms with Crippen LogP contribution in [0.25, 0.3) is 0 Å². The number of methoxy groups -OCH3 is 1. The Morgan fingerprint density at radius 1 is 1.62 bits per heavy atom. The number of allylic oxidation sites excluding steroid dienone is 1. The molecule has 0 atom stereocenters. The molecule has 0 amide bonds. The minimum atomic E-state index is 0.540. The van der Waals surface area contributed by atoms with E-state index in [1.165, 1.54) is 0 Å². The third-order valence-electron chi connectivity index (χ3n) is 0.678. The maximum atomic E-state index is 5.42. The summed E-state index contributed by atoms with van der Waals surface area (Å²) in [5.41, 5.74) is 0. The van der Waals surface area contributed by atoms with Gasteiger partial charge in [-0.3, -0.25) is 0 Å². The molecule has 0 unspecified atom stereocenters. The molecule has 0 rings (SSSR count). The third kappa shape index (κ3) is 3.75. The van der Waals surface area contributed by atoms with Crippen LogP contribution in [0.4, 0.5) is 0 Å². The van der Waals surface area contributed by atoms with Gasteiger partial charge in [-0.2, -0.15) is 0 Å². The van der Waals surface area contributed by atoms with Crippen molar-refractivity contribution in [2.75, 3.05) is 7.11 Å². The Morgan fingerprint density at radius 2 is 2.12 bits per heavy atom. The predicted molar refractivity (Wildman–Crippen MR) is 35.8 cm³/mol. The molecule has 1 nitrogen and oxygen atoms in total. The highest BCUT2D eigenvalue weighted by molar-refractivity contribution is 6.29. The number of hydrogen-bond donors (Lipinski definition) is 0. The third-order valence-corrected chi connectivity index (χ3v) is 0.811. The molecule has 0 aliphatic heterocycles. The van der Waals surface area contributed by atoms with Gasteiger partial charge in [-0.15, -0.1) is 0 Å². The van der Waals surface area contributed by atoms with E-state index in [4.69, 9.17) is 16.3 Å². The topological polar surface area (TPSA) is 9.23 Å². The van der Waals surface area contributed by atoms with Gasteiger partial charge < -0.3 is 4.74 Å². The Kier molecular flexibility index (Phi) is 3.37. The lowest BCUT2D eigenvalue weighted by Gasteiger charge is -1.99. The van der Waals surface area contributed by atoms with Crippen molar-refractivity contribution in [3.05, 3.63) is 23.9 Å². The second-order valence-corrected chi connectivity index (χ2v) is 1.97. The number of hydrogen-bond acceptors (Lipinski definition) is 1. The SMILES string of the molecule is C=C(Cl)CC(=C)OC. The zero-order valence-electron chi connectivity index (χ0n) is 4.91. The smallest absolute Gasteiger partial charge is 0.0936 e. The molecular formula is C6H9ClO. The van der Waals surface area contributed by atoms with Crippen molar-refractivity contribution in [3.63, 3.8) is 0 Å². The Balaban J connectivity index is 3.40. The van der Waals surface area contributed by atoms with Gasteiger partial charge in [0.05, 0.1) is 12.9 Å². The van der Waals surface area contributed by atoms with Crippen LogP contribution in [0.1, 0.15) is 6.42 Å². The van der Waals surface area contributed by atoms with E-state index in [0.29, 0.717) is 17.2 Å². The first-order valence-corrected chi connectivity index (χ1v) is 2.59. The zero-order chi connectivity index (χ0) is 6.57. The van der Waals surface area contributed by atoms with Crippen LogP contribution in [0.5, 0.6) is 0 Å². The number of ether oxygens (including phenoxy) is 1. The summed E-state index contributed by atoms with van der Waals surface area (Å²) in [5, 5.41) is 0.553. The summed E-state index contributed by atoms with van der Waals surface area (Å²) >= 11 is 5.42. The standard InChI is InChI=1S/C6H9ClO/c1-5(7)4-6(2)8-3/h1-2,4H2,3H3. The number of rotatable bonds is 3. The monoisotopic (exact) mass is 132 g/mol. The van der Waals surface area contributed by atoms with Crippen LogP contribution in [0.2, 0.25) is 0 Å². The predicted octanol–water partition coefficient (Wildman–Crippen LogP) is 2.29. The van der Waals surface area contributed by atoms with Crippen molar-refractivity contribution in [2.45, 2.75) is 6.42 Å². The average Bonchev–Trinajstić information content (AvgIpc) is 1.65. The van der Waals surface area contributed by atoms with Crippen LogP contribution in [0.15, 0.2) is 23.9 Å². The van der Waals surface area contributed by atoms with E-state index in [1.54, 1.807) is 7.11 Å². The Hall–Kier alpha value is -0.430. The first-order valence-electron chi connectivity index (χ1n) is 2.22. The van der Waals surface area contributed by atoms with Gasteiger partial charge in [0.15, 0.2) is 0 Å². The molecule has 0 aromatic rings. The fourth-order valence-electron chi connectivity index (χ4n) is 0.286. The second kappa shape index (κ2) is 3.56. The van der Waals surface area contributed by atoms with Crippen LogP contribution in [0, 0.1) is 0 Å². The molecule has 0 N–H and O–H groups in total. The lowest BCUT2D eigenvalue weighted by molar-refractivity contribution is 0.286. The van der Waals surface area contributed by atoms with Gasteiger partial charge in [0.1, 0.15) is 0 Å². The van der Waals surface area contributed by atoms with Gasteiger partial charge >= 0.3 is 0 Å². The molecule has 0 radical (unpaired) electrons. The fourth-order valence-corrected chi connectivity index (χ4v) is 0.435. The van der Waals surface area contributed by atoms with Crippen molar-refractivity contribution in [2.24, 2.45) is 0 Å². The van der Waals surface area contributed by atoms with Gasteiger partial charge in [0, 0.05) is 11.5 Å². The molecule has 0 aliphatic rings. The quantitative estimate of drug-likeness (QED) is 0.536. The van der Waals surface area contributed by atoms with Gasteiger partial charge in [-0.25, -0.2) is 0 Å². The van der Waals surface area contributed by atoms with Crippen molar-refractivity contribution in [3.8, 4) is 0 Å². The highest BCUT2D eigenvalue weighted by Gasteiger charge is 1.91. The molecule has 0 aromatic heterocycles. The molecule has 0 fully saturated rings. The van der Waals surface area contributed by atoms with Crippen LogP contribution < -0.4 is 0 Å². The van der Waals surface area contributed by atoms with Crippen molar-refractivity contribution in [1.82, 2.24) is 0 Å². The second-order valence-electron chi connectivity index (χ2n) is 1.44. The van der Waals surface area contributed by atoms with Crippen LogP contribution in [-0.2, 0) is 4.74 Å². The first-order chi connectivity index (χ1) is 3.66. The lowest BCUT2D eigenvalue weighted by atomic mass is 10.4. The lowest BCUT2D eigenvalue weighted by Crippen LogP contribution is -1.82. The molecule has 8 heavy (non-hydrogen) atoms. The number of halogens is 1. The van der Waals surface area contributed by atoms with Gasteiger partial charge in [-0.1, -0.05) is 24.8 Å². The molecule has 0 saturated heterocycles. The molecule has 0 bridgehead atoms. The Bertz CT molecular complexity index is 107. The molecule has 2 heteroatoms. The minimum Gasteiger partial charge on any atom is -0.501 e. The Morgan fingerprint density at radius 3 is 2.25 bits per heavy atom. The van der Waals surface area contributed by atoms with E-state index in [9.17, 15) is 0 Å². The summed E-state index contributed by atoms with van der Waals surface area (Å²) in [5.74, 6) is 0.644. The van der Waals surface area contributed by atoms with Crippen molar-refractivity contribution >= 4 is 11.6 Å². The zero-order valence-corrected chi connectivity index (χ0v) is 5.66. The minimum absolute atomic E-state index is 0.540. The van der Waals surface area contributed by atoms with E-state index < -0.39 is 0 Å². The first kappa shape index (κ1) is 7.57. The van der Waals surface area contributed by atoms with Gasteiger partial charge in [-0.05, 0) is 0 Å². The Labute approximate surface area is 54.6 Å². The average molecular weight is 133 g/mol. The van der Waals surface area contributed by atoms with E-state index in [0.717, 1.165) is 0 Å². The molecular weight excluding hydrogens is 124 g/mol. The van der Waals surface area contributed by atoms with Crippen LogP contribution in [0.3, 0.4) is 0 Å². The summed E-state index contributed by atoms with van der Waals surface area (Å²) in [4.78, 5) is 0. The van der Waals surface area contributed by atoms with Crippen LogP contribution in [-0.4, -0.2) is 7.11 Å². The van der Waals surface area contributed by atoms with E-state index >= 15 is 0 Å². The van der Waals surface area contributed by atoms with Gasteiger partial charge in [0.2, 0.25) is 0 Å². The van der Waals surface area contributed by atoms with Crippen molar-refractivity contribution in [1.29, 1.82) is 0 Å². The van der Waals surface area contributed by atoms with Crippen LogP contribution >= 0.6 is 11.6 Å². The molecule has 0 spiro atoms. The van der Waals surface area contributed by atoms with Crippen molar-refractivity contribution < 1.29 is 4.74 Å². The van der Waals surface area contributed by atoms with E-state index in [-0.39, 0.29) is 0 Å². The summed E-state index contributed by atoms with van der Waals surface area (Å²) in [6, 6.07) is 0. The molecule has 0 saturated carbocycles. The molecule has 0 aromatic carbocycles. The fraction of sp³-hybridized carbons (Fsp3) is 0.333. The van der Waals surface area contributed by atoms with E-state index in [2.05, 4.69) is 13.2 Å². The maximum Gasteiger partial charge on any atom is 0.0936 e. The van der Waals surface area contributed by atoms with Gasteiger partial charge in [0.25, 0.3) is 0 Å². The van der Waals surface area contributed by atoms with E-state index in [1.807, 2.05) is 0 Å². The molecule has 0 heterocycles. The summed E-state index contributed by atoms with van der Waals surface area (Å²) in [7, 11) is 1.56. The largest absolute Gasteiger partial charge is 0.501 e. The summed E-state index contributed by atoms with van der Waals surface area (Å²) < 4.78 is 4.72.